The summed E-state index contributed by atoms with van der Waals surface area (Å²) in [5.41, 5.74) is 2.20. The van der Waals surface area contributed by atoms with Crippen LogP contribution in [0.4, 0.5) is 0 Å². The molecule has 0 N–H and O–H groups in total. The van der Waals surface area contributed by atoms with Crippen LogP contribution >= 0.6 is 11.6 Å². The average molecular weight is 195 g/mol. The van der Waals surface area contributed by atoms with Crippen molar-refractivity contribution in [3.8, 4) is 0 Å². The van der Waals surface area contributed by atoms with Crippen LogP contribution in [0.15, 0.2) is 24.3 Å². The lowest BCUT2D eigenvalue weighted by atomic mass is 10.3. The second-order valence-corrected chi connectivity index (χ2v) is 3.16. The van der Waals surface area contributed by atoms with Gasteiger partial charge < -0.3 is 4.57 Å². The quantitative estimate of drug-likeness (QED) is 0.673. The van der Waals surface area contributed by atoms with Crippen molar-refractivity contribution < 1.29 is 0 Å². The number of alkyl halides is 1. The van der Waals surface area contributed by atoms with Crippen molar-refractivity contribution in [1.82, 2.24) is 9.55 Å². The highest BCUT2D eigenvalue weighted by Gasteiger charge is 2.06. The number of halogens is 1. The number of nitrogens with zero attached hydrogens (tertiary/aromatic N) is 2. The molecule has 0 radical (unpaired) electrons. The van der Waals surface area contributed by atoms with Crippen molar-refractivity contribution in [3.05, 3.63) is 30.1 Å². The summed E-state index contributed by atoms with van der Waals surface area (Å²) >= 11 is 5.80. The summed E-state index contributed by atoms with van der Waals surface area (Å²) in [7, 11) is 0. The fourth-order valence-corrected chi connectivity index (χ4v) is 1.78. The molecule has 1 aromatic carbocycles. The van der Waals surface area contributed by atoms with Gasteiger partial charge in [-0.25, -0.2) is 4.98 Å². The molecule has 3 heteroatoms. The third-order valence-corrected chi connectivity index (χ3v) is 2.41. The van der Waals surface area contributed by atoms with Gasteiger partial charge in [0.25, 0.3) is 0 Å². The second-order valence-electron chi connectivity index (χ2n) is 2.89. The van der Waals surface area contributed by atoms with Crippen molar-refractivity contribution in [3.63, 3.8) is 0 Å². The van der Waals surface area contributed by atoms with Gasteiger partial charge in [0.2, 0.25) is 0 Å². The number of imidazole rings is 1. The Morgan fingerprint density at radius 1 is 1.38 bits per heavy atom. The summed E-state index contributed by atoms with van der Waals surface area (Å²) in [6.45, 7) is 3.02. The van der Waals surface area contributed by atoms with Gasteiger partial charge in [-0.05, 0) is 19.1 Å². The molecule has 0 spiro atoms. The average Bonchev–Trinajstić information content (AvgIpc) is 2.55. The molecular weight excluding hydrogens is 184 g/mol. The Kier molecular flexibility index (Phi) is 2.23. The molecule has 0 unspecified atom stereocenters. The van der Waals surface area contributed by atoms with Crippen LogP contribution in [0.5, 0.6) is 0 Å². The number of para-hydroxylation sites is 2. The second kappa shape index (κ2) is 3.38. The van der Waals surface area contributed by atoms with E-state index in [0.717, 1.165) is 17.9 Å². The number of hydrogen-bond donors (Lipinski definition) is 0. The molecule has 0 fully saturated rings. The summed E-state index contributed by atoms with van der Waals surface area (Å²) in [4.78, 5) is 4.43. The molecule has 1 heterocycles. The van der Waals surface area contributed by atoms with Crippen molar-refractivity contribution >= 4 is 22.6 Å². The van der Waals surface area contributed by atoms with Crippen LogP contribution in [0.1, 0.15) is 12.7 Å². The van der Waals surface area contributed by atoms with Crippen LogP contribution in [0.2, 0.25) is 0 Å². The first-order valence-electron chi connectivity index (χ1n) is 4.37. The Hall–Kier alpha value is -1.02. The molecule has 0 saturated heterocycles. The van der Waals surface area contributed by atoms with E-state index in [1.54, 1.807) is 0 Å². The van der Waals surface area contributed by atoms with E-state index in [9.17, 15) is 0 Å². The Morgan fingerprint density at radius 3 is 2.85 bits per heavy atom. The van der Waals surface area contributed by atoms with Gasteiger partial charge >= 0.3 is 0 Å². The third kappa shape index (κ3) is 1.31. The third-order valence-electron chi connectivity index (χ3n) is 2.17. The zero-order valence-electron chi connectivity index (χ0n) is 7.50. The summed E-state index contributed by atoms with van der Waals surface area (Å²) < 4.78 is 2.14. The standard InChI is InChI=1S/C10H11ClN2/c1-2-13-9-6-4-3-5-8(9)12-10(13)7-11/h3-6H,2,7H2,1H3. The first-order chi connectivity index (χ1) is 6.36. The van der Waals surface area contributed by atoms with Crippen molar-refractivity contribution in [1.29, 1.82) is 0 Å². The maximum atomic E-state index is 5.80. The van der Waals surface area contributed by atoms with Gasteiger partial charge in [-0.3, -0.25) is 0 Å². The minimum Gasteiger partial charge on any atom is -0.327 e. The van der Waals surface area contributed by atoms with Crippen LogP contribution in [-0.2, 0) is 12.4 Å². The first-order valence-corrected chi connectivity index (χ1v) is 4.90. The smallest absolute Gasteiger partial charge is 0.124 e. The zero-order chi connectivity index (χ0) is 9.26. The normalized spacial score (nSPS) is 10.9. The Bertz CT molecular complexity index is 420. The summed E-state index contributed by atoms with van der Waals surface area (Å²) in [6, 6.07) is 8.10. The van der Waals surface area contributed by atoms with Crippen LogP contribution in [0.3, 0.4) is 0 Å². The largest absolute Gasteiger partial charge is 0.327 e. The minimum absolute atomic E-state index is 0.475. The van der Waals surface area contributed by atoms with E-state index < -0.39 is 0 Å². The zero-order valence-corrected chi connectivity index (χ0v) is 8.25. The Morgan fingerprint density at radius 2 is 2.15 bits per heavy atom. The van der Waals surface area contributed by atoms with E-state index >= 15 is 0 Å². The summed E-state index contributed by atoms with van der Waals surface area (Å²) in [5.74, 6) is 1.42. The van der Waals surface area contributed by atoms with E-state index in [1.165, 1.54) is 5.52 Å². The van der Waals surface area contributed by atoms with Crippen molar-refractivity contribution in [2.45, 2.75) is 19.3 Å². The number of fused-ring (bicyclic) bond motifs is 1. The molecule has 1 aromatic heterocycles. The molecule has 13 heavy (non-hydrogen) atoms. The Labute approximate surface area is 82.1 Å². The van der Waals surface area contributed by atoms with Crippen LogP contribution in [0, 0.1) is 0 Å². The lowest BCUT2D eigenvalue weighted by molar-refractivity contribution is 0.747. The van der Waals surface area contributed by atoms with Crippen LogP contribution in [0.25, 0.3) is 11.0 Å². The molecule has 0 aliphatic carbocycles. The predicted molar refractivity (Wildman–Crippen MR) is 55.0 cm³/mol. The molecule has 0 aliphatic heterocycles. The topological polar surface area (TPSA) is 17.8 Å². The number of rotatable bonds is 2. The van der Waals surface area contributed by atoms with E-state index in [1.807, 2.05) is 18.2 Å². The molecule has 0 amide bonds. The van der Waals surface area contributed by atoms with E-state index in [4.69, 9.17) is 11.6 Å². The maximum absolute atomic E-state index is 5.80. The SMILES string of the molecule is CCn1c(CCl)nc2ccccc21. The number of benzene rings is 1. The highest BCUT2D eigenvalue weighted by Crippen LogP contribution is 2.16. The van der Waals surface area contributed by atoms with Gasteiger partial charge in [0, 0.05) is 6.54 Å². The van der Waals surface area contributed by atoms with Gasteiger partial charge in [-0.15, -0.1) is 11.6 Å². The minimum atomic E-state index is 0.475. The molecule has 0 atom stereocenters. The monoisotopic (exact) mass is 194 g/mol. The molecule has 0 saturated carbocycles. The molecule has 2 rings (SSSR count). The van der Waals surface area contributed by atoms with Gasteiger partial charge in [-0.1, -0.05) is 12.1 Å². The lowest BCUT2D eigenvalue weighted by Gasteiger charge is -2.01. The van der Waals surface area contributed by atoms with Crippen LogP contribution in [-0.4, -0.2) is 9.55 Å². The number of aryl methyl sites for hydroxylation is 1. The molecule has 2 aromatic rings. The fourth-order valence-electron chi connectivity index (χ4n) is 1.58. The van der Waals surface area contributed by atoms with E-state index in [2.05, 4.69) is 22.5 Å². The fraction of sp³-hybridized carbons (Fsp3) is 0.300. The predicted octanol–water partition coefficient (Wildman–Crippen LogP) is 2.80. The van der Waals surface area contributed by atoms with Gasteiger partial charge in [-0.2, -0.15) is 0 Å². The number of hydrogen-bond acceptors (Lipinski definition) is 1. The highest BCUT2D eigenvalue weighted by atomic mass is 35.5. The summed E-state index contributed by atoms with van der Waals surface area (Å²) in [5, 5.41) is 0. The molecule has 0 aliphatic rings. The van der Waals surface area contributed by atoms with Gasteiger partial charge in [0.15, 0.2) is 0 Å². The highest BCUT2D eigenvalue weighted by molar-refractivity contribution is 6.16. The number of aromatic nitrogens is 2. The Balaban J connectivity index is 2.73. The van der Waals surface area contributed by atoms with Gasteiger partial charge in [0.1, 0.15) is 5.82 Å². The van der Waals surface area contributed by atoms with Crippen molar-refractivity contribution in [2.75, 3.05) is 0 Å². The van der Waals surface area contributed by atoms with Crippen molar-refractivity contribution in [2.24, 2.45) is 0 Å². The molecule has 2 nitrogen and oxygen atoms in total. The molecule has 0 bridgehead atoms. The molecular formula is C10H11ClN2. The van der Waals surface area contributed by atoms with Crippen LogP contribution < -0.4 is 0 Å². The first kappa shape index (κ1) is 8.57. The van der Waals surface area contributed by atoms with Gasteiger partial charge in [0.05, 0.1) is 16.9 Å². The lowest BCUT2D eigenvalue weighted by Crippen LogP contribution is -1.98. The van der Waals surface area contributed by atoms with E-state index in [-0.39, 0.29) is 0 Å². The summed E-state index contributed by atoms with van der Waals surface area (Å²) in [6.07, 6.45) is 0. The van der Waals surface area contributed by atoms with E-state index in [0.29, 0.717) is 5.88 Å². The molecule has 68 valence electrons. The maximum Gasteiger partial charge on any atom is 0.124 e.